The number of nitrogens with two attached hydrogens (primary N) is 1. The number of rotatable bonds is 7. The molecule has 10 heteroatoms. The van der Waals surface area contributed by atoms with E-state index in [-0.39, 0.29) is 17.2 Å². The van der Waals surface area contributed by atoms with Crippen molar-refractivity contribution in [2.24, 2.45) is 5.14 Å². The summed E-state index contributed by atoms with van der Waals surface area (Å²) in [6.07, 6.45) is 2.89. The summed E-state index contributed by atoms with van der Waals surface area (Å²) in [5.74, 6) is -2.58. The number of nitrogens with zero attached hydrogens (tertiary/aromatic N) is 2. The summed E-state index contributed by atoms with van der Waals surface area (Å²) in [5.41, 5.74) is 1.50. The zero-order valence-electron chi connectivity index (χ0n) is 16.9. The van der Waals surface area contributed by atoms with E-state index in [1.165, 1.54) is 11.6 Å². The molecule has 1 unspecified atom stereocenters. The van der Waals surface area contributed by atoms with E-state index < -0.39 is 27.2 Å². The van der Waals surface area contributed by atoms with Crippen molar-refractivity contribution in [1.82, 2.24) is 9.97 Å². The van der Waals surface area contributed by atoms with E-state index in [1.807, 2.05) is 6.07 Å². The molecule has 0 saturated carbocycles. The molecule has 1 aromatic heterocycles. The summed E-state index contributed by atoms with van der Waals surface area (Å²) in [7, 11) is -1.07. The van der Waals surface area contributed by atoms with E-state index in [9.17, 15) is 17.4 Å². The van der Waals surface area contributed by atoms with Gasteiger partial charge in [0.2, 0.25) is 5.95 Å². The molecular formula is C21H21F3N4O2S. The van der Waals surface area contributed by atoms with Crippen LogP contribution in [0.3, 0.4) is 0 Å². The number of ether oxygens (including phenoxy) is 1. The zero-order valence-corrected chi connectivity index (χ0v) is 17.7. The smallest absolute Gasteiger partial charge is 0.227 e. The first-order valence-corrected chi connectivity index (χ1v) is 11.2. The van der Waals surface area contributed by atoms with Gasteiger partial charge in [0.1, 0.15) is 17.3 Å². The average molecular weight is 450 g/mol. The molecule has 1 heterocycles. The molecule has 3 rings (SSSR count). The standard InChI is InChI=1S/C21H21F3N4O2S/c1-30-6-5-13-7-14(12-31(2,25)29)9-16(8-13)27-21-26-11-19(24)20(28-21)17-4-3-15(22)10-18(17)23/h3-4,7-12H,5-6H2,1-2H3,(H2,25,29)(H,26,27,28). The lowest BCUT2D eigenvalue weighted by Gasteiger charge is -2.11. The molecule has 6 nitrogen and oxygen atoms in total. The Labute approximate surface area is 178 Å². The Bertz CT molecular complexity index is 1220. The molecule has 0 radical (unpaired) electrons. The van der Waals surface area contributed by atoms with Crippen molar-refractivity contribution in [3.8, 4) is 11.3 Å². The molecule has 0 aliphatic rings. The molecule has 3 N–H and O–H groups in total. The molecule has 0 spiro atoms. The molecule has 31 heavy (non-hydrogen) atoms. The molecule has 0 aliphatic heterocycles. The van der Waals surface area contributed by atoms with Crippen LogP contribution in [0.25, 0.3) is 11.3 Å². The number of benzene rings is 2. The first-order valence-electron chi connectivity index (χ1n) is 9.14. The zero-order chi connectivity index (χ0) is 22.6. The number of hydrogen-bond acceptors (Lipinski definition) is 5. The summed E-state index contributed by atoms with van der Waals surface area (Å²) in [5, 5.41) is 10.0. The van der Waals surface area contributed by atoms with Gasteiger partial charge in [0.25, 0.3) is 0 Å². The second kappa shape index (κ2) is 9.46. The van der Waals surface area contributed by atoms with E-state index >= 15 is 0 Å². The van der Waals surface area contributed by atoms with E-state index in [0.29, 0.717) is 30.3 Å². The second-order valence-corrected chi connectivity index (χ2v) is 9.10. The molecular weight excluding hydrogens is 429 g/mol. The summed E-state index contributed by atoms with van der Waals surface area (Å²) < 4.78 is 58.7. The van der Waals surface area contributed by atoms with Crippen LogP contribution < -0.4 is 10.5 Å². The predicted molar refractivity (Wildman–Crippen MR) is 116 cm³/mol. The highest BCUT2D eigenvalue weighted by molar-refractivity contribution is 7.98. The molecule has 0 saturated heterocycles. The van der Waals surface area contributed by atoms with E-state index in [1.54, 1.807) is 19.2 Å². The minimum atomic E-state index is -2.65. The Kier molecular flexibility index (Phi) is 6.94. The first-order chi connectivity index (χ1) is 14.6. The van der Waals surface area contributed by atoms with Crippen molar-refractivity contribution in [3.05, 3.63) is 71.2 Å². The van der Waals surface area contributed by atoms with Crippen LogP contribution in [0.1, 0.15) is 11.1 Å². The van der Waals surface area contributed by atoms with Gasteiger partial charge in [0, 0.05) is 45.8 Å². The Morgan fingerprint density at radius 3 is 2.61 bits per heavy atom. The second-order valence-electron chi connectivity index (χ2n) is 6.93. The Balaban J connectivity index is 2.00. The van der Waals surface area contributed by atoms with Gasteiger partial charge in [-0.3, -0.25) is 9.35 Å². The molecule has 1 atom stereocenters. The van der Waals surface area contributed by atoms with E-state index in [4.69, 9.17) is 9.88 Å². The van der Waals surface area contributed by atoms with E-state index in [0.717, 1.165) is 23.9 Å². The number of hydrogen-bond donors (Lipinski definition) is 2. The van der Waals surface area contributed by atoms with Gasteiger partial charge in [-0.25, -0.2) is 23.1 Å². The van der Waals surface area contributed by atoms with Gasteiger partial charge in [-0.05, 0) is 41.8 Å². The largest absolute Gasteiger partial charge is 0.384 e. The maximum Gasteiger partial charge on any atom is 0.227 e. The van der Waals surface area contributed by atoms with Crippen LogP contribution in [0.4, 0.5) is 24.8 Å². The normalized spacial score (nSPS) is 13.0. The van der Waals surface area contributed by atoms with Gasteiger partial charge in [0.15, 0.2) is 5.82 Å². The molecule has 3 aromatic rings. The van der Waals surface area contributed by atoms with Crippen molar-refractivity contribution in [3.63, 3.8) is 0 Å². The third-order valence-electron chi connectivity index (χ3n) is 4.17. The fraction of sp³-hybridized carbons (Fsp3) is 0.190. The number of methoxy groups -OCH3 is 1. The quantitative estimate of drug-likeness (QED) is 0.539. The average Bonchev–Trinajstić information content (AvgIpc) is 2.67. The highest BCUT2D eigenvalue weighted by Gasteiger charge is 2.15. The minimum Gasteiger partial charge on any atom is -0.384 e. The highest BCUT2D eigenvalue weighted by atomic mass is 32.2. The molecule has 0 fully saturated rings. The highest BCUT2D eigenvalue weighted by Crippen LogP contribution is 2.26. The third-order valence-corrected chi connectivity index (χ3v) is 4.91. The topological polar surface area (TPSA) is 90.1 Å². The van der Waals surface area contributed by atoms with Crippen LogP contribution in [0.2, 0.25) is 0 Å². The monoisotopic (exact) mass is 450 g/mol. The number of aromatic nitrogens is 2. The number of halogens is 3. The lowest BCUT2D eigenvalue weighted by Crippen LogP contribution is -2.13. The van der Waals surface area contributed by atoms with Crippen molar-refractivity contribution < 1.29 is 22.1 Å². The van der Waals surface area contributed by atoms with Gasteiger partial charge >= 0.3 is 0 Å². The Morgan fingerprint density at radius 1 is 1.16 bits per heavy atom. The van der Waals surface area contributed by atoms with Crippen LogP contribution >= 0.6 is 0 Å². The van der Waals surface area contributed by atoms with E-state index in [2.05, 4.69) is 15.3 Å². The van der Waals surface area contributed by atoms with Gasteiger partial charge < -0.3 is 10.1 Å². The molecule has 0 aliphatic carbocycles. The fourth-order valence-corrected chi connectivity index (χ4v) is 3.60. The third kappa shape index (κ3) is 6.27. The van der Waals surface area contributed by atoms with Crippen molar-refractivity contribution in [2.45, 2.75) is 6.42 Å². The lowest BCUT2D eigenvalue weighted by atomic mass is 10.1. The van der Waals surface area contributed by atoms with Gasteiger partial charge in [0.05, 0.1) is 12.8 Å². The van der Waals surface area contributed by atoms with Crippen LogP contribution in [-0.4, -0.2) is 39.5 Å². The number of anilines is 2. The maximum absolute atomic E-state index is 14.3. The van der Waals surface area contributed by atoms with Crippen LogP contribution in [0, 0.1) is 17.5 Å². The van der Waals surface area contributed by atoms with Crippen LogP contribution in [0.5, 0.6) is 0 Å². The summed E-state index contributed by atoms with van der Waals surface area (Å²) in [6.45, 7) is 0.466. The molecule has 0 amide bonds. The van der Waals surface area contributed by atoms with Crippen molar-refractivity contribution >= 4 is 26.7 Å². The number of nitrogens with one attached hydrogen (secondary N) is 1. The fourth-order valence-electron chi connectivity index (χ4n) is 2.92. The molecule has 2 aromatic carbocycles. The van der Waals surface area contributed by atoms with Gasteiger partial charge in [-0.1, -0.05) is 6.07 Å². The maximum atomic E-state index is 14.3. The summed E-state index contributed by atoms with van der Waals surface area (Å²) >= 11 is 0. The van der Waals surface area contributed by atoms with Crippen molar-refractivity contribution in [1.29, 1.82) is 0 Å². The van der Waals surface area contributed by atoms with Crippen LogP contribution in [-0.2, 0) is 20.9 Å². The van der Waals surface area contributed by atoms with Gasteiger partial charge in [-0.15, -0.1) is 0 Å². The first kappa shape index (κ1) is 22.7. The SMILES string of the molecule is COCCc1cc(C=S(C)(N)=O)cc(Nc2ncc(F)c(-c3ccc(F)cc3F)n2)c1. The summed E-state index contributed by atoms with van der Waals surface area (Å²) in [6, 6.07) is 8.08. The Morgan fingerprint density at radius 2 is 1.94 bits per heavy atom. The van der Waals surface area contributed by atoms with Gasteiger partial charge in [-0.2, -0.15) is 0 Å². The summed E-state index contributed by atoms with van der Waals surface area (Å²) in [4.78, 5) is 7.94. The predicted octanol–water partition coefficient (Wildman–Crippen LogP) is 3.43. The Hall–Kier alpha value is -2.95. The van der Waals surface area contributed by atoms with Crippen molar-refractivity contribution in [2.75, 3.05) is 25.3 Å². The molecule has 164 valence electrons. The van der Waals surface area contributed by atoms with Crippen LogP contribution in [0.15, 0.2) is 42.6 Å². The molecule has 0 bridgehead atoms. The lowest BCUT2D eigenvalue weighted by molar-refractivity contribution is 0.202. The minimum absolute atomic E-state index is 0.0000489.